The summed E-state index contributed by atoms with van der Waals surface area (Å²) in [6.07, 6.45) is 4.43. The van der Waals surface area contributed by atoms with E-state index in [0.29, 0.717) is 18.9 Å². The van der Waals surface area contributed by atoms with E-state index in [0.717, 1.165) is 40.9 Å². The minimum Gasteiger partial charge on any atom is -0.361 e. The first kappa shape index (κ1) is 24.4. The van der Waals surface area contributed by atoms with E-state index in [1.807, 2.05) is 11.1 Å². The molecule has 0 aliphatic carbocycles. The number of hydrogen-bond acceptors (Lipinski definition) is 2. The average Bonchev–Trinajstić information content (AvgIpc) is 3.53. The quantitative estimate of drug-likeness (QED) is 0.319. The molecule has 0 radical (unpaired) electrons. The molecule has 0 saturated heterocycles. The molecule has 188 valence electrons. The molecule has 0 bridgehead atoms. The van der Waals surface area contributed by atoms with Crippen LogP contribution in [0.2, 0.25) is 0 Å². The second kappa shape index (κ2) is 8.95. The van der Waals surface area contributed by atoms with E-state index in [9.17, 15) is 4.79 Å². The molecule has 5 heteroatoms. The van der Waals surface area contributed by atoms with Crippen molar-refractivity contribution in [3.8, 4) is 16.9 Å². The number of nitrogens with one attached hydrogen (secondary N) is 1. The number of hydrogen-bond donors (Lipinski definition) is 1. The predicted molar refractivity (Wildman–Crippen MR) is 147 cm³/mol. The Labute approximate surface area is 214 Å². The molecular weight excluding hydrogens is 444 g/mol. The first-order valence-electron chi connectivity index (χ1n) is 13.3. The maximum atomic E-state index is 13.3. The van der Waals surface area contributed by atoms with Gasteiger partial charge < -0.3 is 9.88 Å². The van der Waals surface area contributed by atoms with Crippen molar-refractivity contribution in [2.24, 2.45) is 5.92 Å². The summed E-state index contributed by atoms with van der Waals surface area (Å²) >= 11 is 0. The Morgan fingerprint density at radius 2 is 1.78 bits per heavy atom. The first-order chi connectivity index (χ1) is 17.2. The molecule has 4 aromatic rings. The van der Waals surface area contributed by atoms with Gasteiger partial charge in [0.1, 0.15) is 0 Å². The third kappa shape index (κ3) is 3.68. The fourth-order valence-corrected chi connectivity index (χ4v) is 5.87. The Hall–Kier alpha value is -3.34. The van der Waals surface area contributed by atoms with E-state index in [1.165, 1.54) is 27.8 Å². The Morgan fingerprint density at radius 1 is 1.08 bits per heavy atom. The van der Waals surface area contributed by atoms with Crippen molar-refractivity contribution in [3.05, 3.63) is 70.5 Å². The van der Waals surface area contributed by atoms with Crippen molar-refractivity contribution in [2.45, 2.75) is 79.8 Å². The third-order valence-electron chi connectivity index (χ3n) is 7.80. The molecule has 2 aromatic carbocycles. The molecule has 0 unspecified atom stereocenters. The predicted octanol–water partition coefficient (Wildman–Crippen LogP) is 7.08. The molecule has 0 fully saturated rings. The van der Waals surface area contributed by atoms with Gasteiger partial charge in [-0.1, -0.05) is 58.0 Å². The Kier molecular flexibility index (Phi) is 6.06. The summed E-state index contributed by atoms with van der Waals surface area (Å²) in [6.45, 7) is 15.6. The highest BCUT2D eigenvalue weighted by Gasteiger charge is 2.45. The number of fused-ring (bicyclic) bond motifs is 2. The molecule has 0 spiro atoms. The first-order valence-corrected chi connectivity index (χ1v) is 13.3. The van der Waals surface area contributed by atoms with E-state index in [2.05, 4.69) is 94.5 Å². The molecule has 5 rings (SSSR count). The lowest BCUT2D eigenvalue weighted by molar-refractivity contribution is -0.137. The number of aryl methyl sites for hydroxylation is 3. The zero-order valence-corrected chi connectivity index (χ0v) is 22.7. The van der Waals surface area contributed by atoms with Gasteiger partial charge in [0.2, 0.25) is 5.91 Å². The van der Waals surface area contributed by atoms with Crippen LogP contribution in [0.15, 0.2) is 42.6 Å². The van der Waals surface area contributed by atoms with E-state index in [1.54, 1.807) is 0 Å². The van der Waals surface area contributed by atoms with Gasteiger partial charge in [-0.2, -0.15) is 5.10 Å². The van der Waals surface area contributed by atoms with Crippen LogP contribution in [-0.4, -0.2) is 25.6 Å². The van der Waals surface area contributed by atoms with Gasteiger partial charge >= 0.3 is 0 Å². The maximum absolute atomic E-state index is 13.3. The third-order valence-corrected chi connectivity index (χ3v) is 7.80. The number of carbonyl (C=O) groups is 1. The monoisotopic (exact) mass is 482 g/mol. The van der Waals surface area contributed by atoms with Crippen LogP contribution in [-0.2, 0) is 29.7 Å². The van der Waals surface area contributed by atoms with Gasteiger partial charge in [0, 0.05) is 34.6 Å². The summed E-state index contributed by atoms with van der Waals surface area (Å²) < 4.78 is 2.20. The molecule has 5 nitrogen and oxygen atoms in total. The highest BCUT2D eigenvalue weighted by Crippen LogP contribution is 2.46. The molecule has 36 heavy (non-hydrogen) atoms. The number of amides is 1. The van der Waals surface area contributed by atoms with E-state index in [-0.39, 0.29) is 5.91 Å². The fraction of sp³-hybridized carbons (Fsp3) is 0.419. The number of para-hydroxylation sites is 1. The summed E-state index contributed by atoms with van der Waals surface area (Å²) in [5.41, 5.74) is 10.1. The van der Waals surface area contributed by atoms with E-state index in [4.69, 9.17) is 5.10 Å². The molecule has 0 atom stereocenters. The lowest BCUT2D eigenvalue weighted by atomic mass is 9.96. The zero-order valence-electron chi connectivity index (χ0n) is 22.7. The van der Waals surface area contributed by atoms with Crippen molar-refractivity contribution in [3.63, 3.8) is 0 Å². The molecule has 3 heterocycles. The number of carbonyl (C=O) groups excluding carboxylic acids is 1. The van der Waals surface area contributed by atoms with Crippen molar-refractivity contribution < 1.29 is 4.79 Å². The standard InChI is InChI=1S/C31H38N4O/c1-8-21-11-10-12-22(9-2)28(21)35-29(24-14-13-20(5)27-23(24)15-16-32-27)25-18-34(26(36)17-19(3)4)31(6,7)30(25)33-35/h10-16,19,32H,8-9,17-18H2,1-7H3. The van der Waals surface area contributed by atoms with E-state index >= 15 is 0 Å². The van der Waals surface area contributed by atoms with E-state index < -0.39 is 5.54 Å². The van der Waals surface area contributed by atoms with Crippen LogP contribution in [0, 0.1) is 12.8 Å². The maximum Gasteiger partial charge on any atom is 0.223 e. The Balaban J connectivity index is 1.82. The lowest BCUT2D eigenvalue weighted by Gasteiger charge is -2.32. The highest BCUT2D eigenvalue weighted by molar-refractivity contribution is 5.97. The number of H-pyrrole nitrogens is 1. The summed E-state index contributed by atoms with van der Waals surface area (Å²) in [4.78, 5) is 18.8. The van der Waals surface area contributed by atoms with Crippen molar-refractivity contribution >= 4 is 16.8 Å². The Morgan fingerprint density at radius 3 is 2.42 bits per heavy atom. The van der Waals surface area contributed by atoms with Gasteiger partial charge in [-0.05, 0) is 62.3 Å². The molecular formula is C31H38N4O. The van der Waals surface area contributed by atoms with Crippen molar-refractivity contribution in [2.75, 3.05) is 0 Å². The van der Waals surface area contributed by atoms with Gasteiger partial charge in [-0.15, -0.1) is 0 Å². The van der Waals surface area contributed by atoms with Crippen molar-refractivity contribution in [1.29, 1.82) is 0 Å². The van der Waals surface area contributed by atoms with Crippen LogP contribution in [0.3, 0.4) is 0 Å². The molecule has 1 N–H and O–H groups in total. The number of benzene rings is 2. The smallest absolute Gasteiger partial charge is 0.223 e. The van der Waals surface area contributed by atoms with Crippen LogP contribution in [0.25, 0.3) is 27.8 Å². The number of rotatable bonds is 6. The summed E-state index contributed by atoms with van der Waals surface area (Å²) in [7, 11) is 0. The minimum absolute atomic E-state index is 0.199. The summed E-state index contributed by atoms with van der Waals surface area (Å²) in [6, 6.07) is 13.2. The van der Waals surface area contributed by atoms with Gasteiger partial charge in [0.15, 0.2) is 0 Å². The fourth-order valence-electron chi connectivity index (χ4n) is 5.87. The topological polar surface area (TPSA) is 53.9 Å². The second-order valence-electron chi connectivity index (χ2n) is 11.1. The Bertz CT molecular complexity index is 1430. The molecule has 1 aliphatic heterocycles. The molecule has 0 saturated carbocycles. The molecule has 1 amide bonds. The number of nitrogens with zero attached hydrogens (tertiary/aromatic N) is 3. The summed E-state index contributed by atoms with van der Waals surface area (Å²) in [5.74, 6) is 0.519. The minimum atomic E-state index is -0.475. The van der Waals surface area contributed by atoms with Gasteiger partial charge in [-0.3, -0.25) is 4.79 Å². The lowest BCUT2D eigenvalue weighted by Crippen LogP contribution is -2.41. The summed E-state index contributed by atoms with van der Waals surface area (Å²) in [5, 5.41) is 6.54. The second-order valence-corrected chi connectivity index (χ2v) is 11.1. The van der Waals surface area contributed by atoms with Gasteiger partial charge in [0.25, 0.3) is 0 Å². The molecule has 2 aromatic heterocycles. The van der Waals surface area contributed by atoms with Crippen LogP contribution in [0.1, 0.15) is 75.9 Å². The number of aromatic nitrogens is 3. The SMILES string of the molecule is CCc1cccc(CC)c1-n1nc2c(c1-c1ccc(C)c3[nH]ccc13)CN(C(=O)CC(C)C)C2(C)C. The van der Waals surface area contributed by atoms with Crippen LogP contribution >= 0.6 is 0 Å². The van der Waals surface area contributed by atoms with Crippen LogP contribution < -0.4 is 0 Å². The molecule has 1 aliphatic rings. The largest absolute Gasteiger partial charge is 0.361 e. The zero-order chi connectivity index (χ0) is 25.8. The van der Waals surface area contributed by atoms with Gasteiger partial charge in [0.05, 0.1) is 29.2 Å². The normalized spacial score (nSPS) is 14.7. The van der Waals surface area contributed by atoms with Crippen LogP contribution in [0.4, 0.5) is 0 Å². The average molecular weight is 483 g/mol. The van der Waals surface area contributed by atoms with Gasteiger partial charge in [-0.25, -0.2) is 4.68 Å². The highest BCUT2D eigenvalue weighted by atomic mass is 16.2. The number of aromatic amines is 1. The van der Waals surface area contributed by atoms with Crippen molar-refractivity contribution in [1.82, 2.24) is 19.7 Å². The van der Waals surface area contributed by atoms with Crippen LogP contribution in [0.5, 0.6) is 0 Å².